The molecule has 2 heterocycles. The van der Waals surface area contributed by atoms with Gasteiger partial charge >= 0.3 is 0 Å². The van der Waals surface area contributed by atoms with E-state index < -0.39 is 10.0 Å². The van der Waals surface area contributed by atoms with Crippen LogP contribution in [0.4, 0.5) is 5.95 Å². The Morgan fingerprint density at radius 1 is 1.04 bits per heavy atom. The zero-order valence-corrected chi connectivity index (χ0v) is 15.5. The van der Waals surface area contributed by atoms with Crippen molar-refractivity contribution in [3.63, 3.8) is 0 Å². The van der Waals surface area contributed by atoms with E-state index in [1.54, 1.807) is 24.4 Å². The van der Waals surface area contributed by atoms with Gasteiger partial charge in [-0.05, 0) is 17.5 Å². The maximum absolute atomic E-state index is 12.8. The number of nitrogens with one attached hydrogen (secondary N) is 1. The van der Waals surface area contributed by atoms with Crippen LogP contribution in [0.1, 0.15) is 5.69 Å². The van der Waals surface area contributed by atoms with Crippen molar-refractivity contribution in [2.75, 3.05) is 31.2 Å². The second-order valence-corrected chi connectivity index (χ2v) is 7.98. The predicted molar refractivity (Wildman–Crippen MR) is 103 cm³/mol. The average Bonchev–Trinajstić information content (AvgIpc) is 2.73. The molecule has 3 aromatic rings. The fourth-order valence-electron chi connectivity index (χ4n) is 3.08. The van der Waals surface area contributed by atoms with E-state index in [1.807, 2.05) is 35.2 Å². The predicted octanol–water partition coefficient (Wildman–Crippen LogP) is 1.94. The van der Waals surface area contributed by atoms with Crippen LogP contribution in [-0.2, 0) is 21.3 Å². The lowest BCUT2D eigenvalue weighted by Crippen LogP contribution is -2.37. The smallest absolute Gasteiger partial charge is 0.241 e. The lowest BCUT2D eigenvalue weighted by molar-refractivity contribution is 0.122. The molecule has 0 unspecified atom stereocenters. The van der Waals surface area contributed by atoms with E-state index >= 15 is 0 Å². The fourth-order valence-corrected chi connectivity index (χ4v) is 4.30. The van der Waals surface area contributed by atoms with Crippen molar-refractivity contribution in [3.05, 3.63) is 60.4 Å². The molecule has 1 aromatic heterocycles. The van der Waals surface area contributed by atoms with Crippen molar-refractivity contribution < 1.29 is 13.2 Å². The van der Waals surface area contributed by atoms with Gasteiger partial charge in [0.25, 0.3) is 0 Å². The monoisotopic (exact) mass is 384 g/mol. The molecule has 0 atom stereocenters. The minimum atomic E-state index is -3.67. The highest BCUT2D eigenvalue weighted by Crippen LogP contribution is 2.22. The normalized spacial score (nSPS) is 15.2. The number of benzene rings is 2. The first-order valence-electron chi connectivity index (χ1n) is 8.75. The first-order valence-corrected chi connectivity index (χ1v) is 10.2. The molecule has 0 bridgehead atoms. The SMILES string of the molecule is O=S(=O)(NCc1ccnc(N2CCOCC2)n1)c1cccc2ccccc12. The van der Waals surface area contributed by atoms with Crippen LogP contribution in [0.15, 0.2) is 59.6 Å². The van der Waals surface area contributed by atoms with Gasteiger partial charge in [-0.1, -0.05) is 36.4 Å². The Bertz CT molecular complexity index is 1040. The van der Waals surface area contributed by atoms with Crippen LogP contribution in [0.2, 0.25) is 0 Å². The minimum Gasteiger partial charge on any atom is -0.378 e. The van der Waals surface area contributed by atoms with Crippen LogP contribution in [0.5, 0.6) is 0 Å². The van der Waals surface area contributed by atoms with Gasteiger partial charge in [-0.3, -0.25) is 0 Å². The molecule has 1 N–H and O–H groups in total. The summed E-state index contributed by atoms with van der Waals surface area (Å²) >= 11 is 0. The molecule has 4 rings (SSSR count). The number of sulfonamides is 1. The van der Waals surface area contributed by atoms with E-state index in [4.69, 9.17) is 4.74 Å². The maximum atomic E-state index is 12.8. The first kappa shape index (κ1) is 17.8. The second-order valence-electron chi connectivity index (χ2n) is 6.25. The highest BCUT2D eigenvalue weighted by atomic mass is 32.2. The number of morpholine rings is 1. The summed E-state index contributed by atoms with van der Waals surface area (Å²) in [4.78, 5) is 11.1. The number of ether oxygens (including phenoxy) is 1. The van der Waals surface area contributed by atoms with Gasteiger partial charge in [0, 0.05) is 24.7 Å². The summed E-state index contributed by atoms with van der Waals surface area (Å²) in [6.07, 6.45) is 1.65. The van der Waals surface area contributed by atoms with Crippen LogP contribution < -0.4 is 9.62 Å². The summed E-state index contributed by atoms with van der Waals surface area (Å²) in [5.74, 6) is 0.597. The highest BCUT2D eigenvalue weighted by molar-refractivity contribution is 7.89. The summed E-state index contributed by atoms with van der Waals surface area (Å²) in [5.41, 5.74) is 0.621. The average molecular weight is 384 g/mol. The van der Waals surface area contributed by atoms with Gasteiger partial charge in [0.2, 0.25) is 16.0 Å². The van der Waals surface area contributed by atoms with Gasteiger partial charge in [-0.2, -0.15) is 0 Å². The van der Waals surface area contributed by atoms with Crippen molar-refractivity contribution in [2.24, 2.45) is 0 Å². The largest absolute Gasteiger partial charge is 0.378 e. The molecule has 0 spiro atoms. The third kappa shape index (κ3) is 3.92. The Morgan fingerprint density at radius 3 is 2.67 bits per heavy atom. The van der Waals surface area contributed by atoms with Gasteiger partial charge in [0.1, 0.15) is 0 Å². The maximum Gasteiger partial charge on any atom is 0.241 e. The molecule has 140 valence electrons. The van der Waals surface area contributed by atoms with Gasteiger partial charge in [0.05, 0.1) is 30.3 Å². The van der Waals surface area contributed by atoms with Gasteiger partial charge in [-0.15, -0.1) is 0 Å². The molecule has 0 aliphatic carbocycles. The summed E-state index contributed by atoms with van der Waals surface area (Å²) in [5, 5.41) is 1.58. The number of nitrogens with zero attached hydrogens (tertiary/aromatic N) is 3. The highest BCUT2D eigenvalue weighted by Gasteiger charge is 2.18. The second kappa shape index (κ2) is 7.59. The summed E-state index contributed by atoms with van der Waals surface area (Å²) in [6, 6.07) is 14.4. The number of hydrogen-bond acceptors (Lipinski definition) is 6. The molecule has 0 amide bonds. The van der Waals surface area contributed by atoms with E-state index in [0.717, 1.165) is 18.5 Å². The van der Waals surface area contributed by atoms with E-state index in [0.29, 0.717) is 30.2 Å². The van der Waals surface area contributed by atoms with E-state index in [2.05, 4.69) is 14.7 Å². The molecule has 27 heavy (non-hydrogen) atoms. The molecule has 1 fully saturated rings. The molecule has 7 nitrogen and oxygen atoms in total. The zero-order valence-electron chi connectivity index (χ0n) is 14.7. The fraction of sp³-hybridized carbons (Fsp3) is 0.263. The van der Waals surface area contributed by atoms with Crippen LogP contribution in [0, 0.1) is 0 Å². The number of anilines is 1. The standard InChI is InChI=1S/C19H20N4O3S/c24-27(25,18-7-3-5-15-4-1-2-6-17(15)18)21-14-16-8-9-20-19(22-16)23-10-12-26-13-11-23/h1-9,21H,10-14H2. The van der Waals surface area contributed by atoms with Crippen molar-refractivity contribution in [1.82, 2.24) is 14.7 Å². The molecule has 8 heteroatoms. The quantitative estimate of drug-likeness (QED) is 0.724. The third-order valence-corrected chi connectivity index (χ3v) is 5.94. The van der Waals surface area contributed by atoms with Crippen LogP contribution in [0.3, 0.4) is 0 Å². The third-order valence-electron chi connectivity index (χ3n) is 4.48. The molecule has 2 aromatic carbocycles. The van der Waals surface area contributed by atoms with Crippen LogP contribution in [0.25, 0.3) is 10.8 Å². The van der Waals surface area contributed by atoms with E-state index in [1.165, 1.54) is 0 Å². The van der Waals surface area contributed by atoms with Gasteiger partial charge in [0.15, 0.2) is 0 Å². The lowest BCUT2D eigenvalue weighted by Gasteiger charge is -2.26. The van der Waals surface area contributed by atoms with Crippen molar-refractivity contribution >= 4 is 26.7 Å². The molecule has 1 aliphatic heterocycles. The summed E-state index contributed by atoms with van der Waals surface area (Å²) in [6.45, 7) is 2.84. The molecule has 0 saturated carbocycles. The van der Waals surface area contributed by atoms with Crippen molar-refractivity contribution in [2.45, 2.75) is 11.4 Å². The lowest BCUT2D eigenvalue weighted by atomic mass is 10.1. The summed E-state index contributed by atoms with van der Waals surface area (Å²) < 4.78 is 33.6. The molecule has 0 radical (unpaired) electrons. The molecular formula is C19H20N4O3S. The Balaban J connectivity index is 1.54. The number of aromatic nitrogens is 2. The Kier molecular flexibility index (Phi) is 5.02. The zero-order chi connectivity index (χ0) is 18.7. The van der Waals surface area contributed by atoms with Crippen molar-refractivity contribution in [1.29, 1.82) is 0 Å². The number of hydrogen-bond donors (Lipinski definition) is 1. The number of fused-ring (bicyclic) bond motifs is 1. The van der Waals surface area contributed by atoms with Gasteiger partial charge in [-0.25, -0.2) is 23.1 Å². The first-order chi connectivity index (χ1) is 13.1. The Morgan fingerprint density at radius 2 is 1.81 bits per heavy atom. The van der Waals surface area contributed by atoms with Crippen LogP contribution in [-0.4, -0.2) is 44.7 Å². The molecule has 1 aliphatic rings. The van der Waals surface area contributed by atoms with E-state index in [9.17, 15) is 8.42 Å². The number of rotatable bonds is 5. The van der Waals surface area contributed by atoms with Gasteiger partial charge < -0.3 is 9.64 Å². The molecule has 1 saturated heterocycles. The molecular weight excluding hydrogens is 364 g/mol. The van der Waals surface area contributed by atoms with Crippen LogP contribution >= 0.6 is 0 Å². The Hall–Kier alpha value is -2.55. The topological polar surface area (TPSA) is 84.4 Å². The van der Waals surface area contributed by atoms with Crippen molar-refractivity contribution in [3.8, 4) is 0 Å². The Labute approximate surface area is 158 Å². The minimum absolute atomic E-state index is 0.103. The van der Waals surface area contributed by atoms with E-state index in [-0.39, 0.29) is 11.4 Å². The summed E-state index contributed by atoms with van der Waals surface area (Å²) in [7, 11) is -3.67.